The molecule has 0 aliphatic heterocycles. The van der Waals surface area contributed by atoms with Gasteiger partial charge in [-0.25, -0.2) is 0 Å². The molecule has 2 amide bonds. The summed E-state index contributed by atoms with van der Waals surface area (Å²) in [5, 5.41) is 8.32. The van der Waals surface area contributed by atoms with Crippen LogP contribution in [0.2, 0.25) is 0 Å². The van der Waals surface area contributed by atoms with Gasteiger partial charge in [0.05, 0.1) is 6.61 Å². The third-order valence-electron chi connectivity index (χ3n) is 2.93. The van der Waals surface area contributed by atoms with Gasteiger partial charge in [-0.2, -0.15) is 0 Å². The van der Waals surface area contributed by atoms with Crippen LogP contribution in [0.4, 0.5) is 5.69 Å². The fraction of sp³-hybridized carbons (Fsp3) is 0.438. The molecule has 25 heavy (non-hydrogen) atoms. The molecule has 9 heteroatoms. The van der Waals surface area contributed by atoms with Crippen LogP contribution >= 0.6 is 9.24 Å². The van der Waals surface area contributed by atoms with Crippen molar-refractivity contribution in [3.05, 3.63) is 29.8 Å². The Morgan fingerprint density at radius 1 is 1.00 bits per heavy atom. The summed E-state index contributed by atoms with van der Waals surface area (Å²) in [7, 11) is 3.79. The molecule has 1 aromatic rings. The van der Waals surface area contributed by atoms with E-state index in [0.29, 0.717) is 25.4 Å². The number of ether oxygens (including phenoxy) is 2. The minimum Gasteiger partial charge on any atom is -0.370 e. The van der Waals surface area contributed by atoms with E-state index in [4.69, 9.17) is 9.47 Å². The second-order valence-electron chi connectivity index (χ2n) is 5.14. The van der Waals surface area contributed by atoms with Crippen LogP contribution in [0.1, 0.15) is 5.56 Å². The molecule has 0 bridgehead atoms. The van der Waals surface area contributed by atoms with Gasteiger partial charge in [0.25, 0.3) is 0 Å². The third kappa shape index (κ3) is 10.6. The maximum Gasteiger partial charge on any atom is 0.250 e. The van der Waals surface area contributed by atoms with Crippen molar-refractivity contribution in [3.8, 4) is 0 Å². The Kier molecular flexibility index (Phi) is 10.6. The Bertz CT molecular complexity index is 565. The van der Waals surface area contributed by atoms with E-state index in [1.54, 1.807) is 24.3 Å². The van der Waals surface area contributed by atoms with Crippen LogP contribution in [0, 0.1) is 0 Å². The van der Waals surface area contributed by atoms with Crippen LogP contribution in [-0.4, -0.2) is 57.4 Å². The molecule has 0 fully saturated rings. The van der Waals surface area contributed by atoms with Crippen LogP contribution < -0.4 is 16.0 Å². The predicted octanol–water partition coefficient (Wildman–Crippen LogP) is -0.104. The van der Waals surface area contributed by atoms with Crippen LogP contribution in [0.5, 0.6) is 0 Å². The number of nitrogens with one attached hydrogen (secondary N) is 3. The zero-order valence-electron chi connectivity index (χ0n) is 14.2. The summed E-state index contributed by atoms with van der Waals surface area (Å²) in [5.74, 6) is -0.528. The van der Waals surface area contributed by atoms with Crippen molar-refractivity contribution >= 4 is 32.3 Å². The van der Waals surface area contributed by atoms with Crippen molar-refractivity contribution in [2.75, 3.05) is 45.3 Å². The first kappa shape index (κ1) is 21.2. The summed E-state index contributed by atoms with van der Waals surface area (Å²) in [5.41, 5.74) is 1.29. The van der Waals surface area contributed by atoms with E-state index in [0.717, 1.165) is 5.56 Å². The first-order valence-electron chi connectivity index (χ1n) is 7.75. The number of hydrogen-bond acceptors (Lipinski definition) is 6. The molecule has 0 heterocycles. The molecule has 0 aliphatic rings. The van der Waals surface area contributed by atoms with Crippen LogP contribution in [-0.2, 0) is 30.4 Å². The van der Waals surface area contributed by atoms with Gasteiger partial charge in [-0.05, 0) is 24.7 Å². The molecule has 0 saturated heterocycles. The van der Waals surface area contributed by atoms with Crippen molar-refractivity contribution in [2.45, 2.75) is 6.54 Å². The van der Waals surface area contributed by atoms with Gasteiger partial charge in [-0.3, -0.25) is 14.4 Å². The molecular weight excluding hydrogens is 345 g/mol. The number of carbonyl (C=O) groups excluding carboxylic acids is 3. The van der Waals surface area contributed by atoms with E-state index in [2.05, 4.69) is 16.0 Å². The Morgan fingerprint density at radius 3 is 2.32 bits per heavy atom. The molecule has 0 aromatic heterocycles. The van der Waals surface area contributed by atoms with E-state index in [1.165, 1.54) is 0 Å². The molecule has 1 aromatic carbocycles. The molecule has 1 unspecified atom stereocenters. The van der Waals surface area contributed by atoms with E-state index in [9.17, 15) is 14.4 Å². The van der Waals surface area contributed by atoms with Gasteiger partial charge in [0.2, 0.25) is 11.8 Å². The quantitative estimate of drug-likeness (QED) is 0.351. The summed E-state index contributed by atoms with van der Waals surface area (Å²) < 4.78 is 10.1. The Labute approximate surface area is 149 Å². The van der Waals surface area contributed by atoms with Gasteiger partial charge in [0.1, 0.15) is 19.8 Å². The maximum atomic E-state index is 11.6. The zero-order valence-corrected chi connectivity index (χ0v) is 15.3. The normalized spacial score (nSPS) is 10.3. The zero-order chi connectivity index (χ0) is 18.5. The monoisotopic (exact) mass is 369 g/mol. The van der Waals surface area contributed by atoms with E-state index < -0.39 is 0 Å². The fourth-order valence-corrected chi connectivity index (χ4v) is 1.86. The molecule has 1 atom stereocenters. The number of carbonyl (C=O) groups is 3. The van der Waals surface area contributed by atoms with E-state index in [1.807, 2.05) is 16.3 Å². The highest BCUT2D eigenvalue weighted by molar-refractivity contribution is 7.40. The minimum absolute atomic E-state index is 0.0224. The van der Waals surface area contributed by atoms with Gasteiger partial charge in [0.15, 0.2) is 5.52 Å². The van der Waals surface area contributed by atoms with Gasteiger partial charge in [-0.1, -0.05) is 21.4 Å². The molecule has 3 N–H and O–H groups in total. The summed E-state index contributed by atoms with van der Waals surface area (Å²) in [6, 6.07) is 7.04. The van der Waals surface area contributed by atoms with Gasteiger partial charge < -0.3 is 25.4 Å². The molecule has 0 aliphatic carbocycles. The smallest absolute Gasteiger partial charge is 0.250 e. The predicted molar refractivity (Wildman–Crippen MR) is 97.2 cm³/mol. The molecule has 8 nitrogen and oxygen atoms in total. The van der Waals surface area contributed by atoms with Crippen LogP contribution in [0.3, 0.4) is 0 Å². The Hall–Kier alpha value is -1.86. The molecule has 1 rings (SSSR count). The summed E-state index contributed by atoms with van der Waals surface area (Å²) >= 11 is 0. The molecule has 0 radical (unpaired) electrons. The highest BCUT2D eigenvalue weighted by Crippen LogP contribution is 2.09. The Morgan fingerprint density at radius 2 is 1.68 bits per heavy atom. The van der Waals surface area contributed by atoms with Gasteiger partial charge in [0, 0.05) is 18.8 Å². The summed E-state index contributed by atoms with van der Waals surface area (Å²) in [6.07, 6.45) is 0. The number of benzene rings is 1. The van der Waals surface area contributed by atoms with Crippen molar-refractivity contribution in [3.63, 3.8) is 0 Å². The lowest BCUT2D eigenvalue weighted by atomic mass is 10.2. The molecule has 0 spiro atoms. The number of anilines is 1. The lowest BCUT2D eigenvalue weighted by Crippen LogP contribution is -2.28. The van der Waals surface area contributed by atoms with Gasteiger partial charge in [-0.15, -0.1) is 0 Å². The number of hydrogen-bond donors (Lipinski definition) is 3. The van der Waals surface area contributed by atoms with Crippen molar-refractivity contribution < 1.29 is 23.9 Å². The standard InChI is InChI=1S/C16H24N3O5P/c1-17-6-7-23-9-14(20)18-8-12-2-4-13(5-3-12)19-15(21)10-24-11-16(22)25/h2-5,17H,6-11,25H2,1H3,(H,18,20)(H,19,21). The molecule has 0 saturated carbocycles. The first-order chi connectivity index (χ1) is 12.0. The average Bonchev–Trinajstić information content (AvgIpc) is 2.58. The third-order valence-corrected chi connectivity index (χ3v) is 3.10. The molecule has 138 valence electrons. The van der Waals surface area contributed by atoms with Crippen molar-refractivity contribution in [1.82, 2.24) is 10.6 Å². The van der Waals surface area contributed by atoms with Crippen LogP contribution in [0.15, 0.2) is 24.3 Å². The highest BCUT2D eigenvalue weighted by Gasteiger charge is 2.05. The second-order valence-corrected chi connectivity index (χ2v) is 5.78. The van der Waals surface area contributed by atoms with Crippen LogP contribution in [0.25, 0.3) is 0 Å². The van der Waals surface area contributed by atoms with Crippen molar-refractivity contribution in [2.24, 2.45) is 0 Å². The summed E-state index contributed by atoms with van der Waals surface area (Å²) in [6.45, 7) is 1.27. The first-order valence-corrected chi connectivity index (χ1v) is 8.33. The van der Waals surface area contributed by atoms with Crippen molar-refractivity contribution in [1.29, 1.82) is 0 Å². The lowest BCUT2D eigenvalue weighted by Gasteiger charge is -2.08. The highest BCUT2D eigenvalue weighted by atomic mass is 31.0. The van der Waals surface area contributed by atoms with Gasteiger partial charge >= 0.3 is 0 Å². The SMILES string of the molecule is CNCCOCC(=O)NCc1ccc(NC(=O)COCC(=O)P)cc1. The second kappa shape index (κ2) is 12.5. The van der Waals surface area contributed by atoms with E-state index in [-0.39, 0.29) is 37.2 Å². The summed E-state index contributed by atoms with van der Waals surface area (Å²) in [4.78, 5) is 33.9. The Balaban J connectivity index is 2.27. The topological polar surface area (TPSA) is 106 Å². The minimum atomic E-state index is -0.342. The lowest BCUT2D eigenvalue weighted by molar-refractivity contribution is -0.126. The largest absolute Gasteiger partial charge is 0.370 e. The molecular formula is C16H24N3O5P. The fourth-order valence-electron chi connectivity index (χ4n) is 1.74. The number of rotatable bonds is 12. The number of amides is 2. The maximum absolute atomic E-state index is 11.6. The van der Waals surface area contributed by atoms with E-state index >= 15 is 0 Å². The average molecular weight is 369 g/mol. The number of likely N-dealkylation sites (N-methyl/N-ethyl adjacent to an activating group) is 1.